The van der Waals surface area contributed by atoms with Gasteiger partial charge in [-0.1, -0.05) is 0 Å². The molecule has 0 aromatic carbocycles. The summed E-state index contributed by atoms with van der Waals surface area (Å²) in [5.41, 5.74) is 0.0816. The number of rotatable bonds is 3. The zero-order valence-electron chi connectivity index (χ0n) is 8.63. The van der Waals surface area contributed by atoms with Crippen LogP contribution < -0.4 is 0 Å². The minimum Gasteiger partial charge on any atom is -0.376 e. The molecular weight excluding hydrogens is 152 g/mol. The second kappa shape index (κ2) is 3.73. The number of nitrogens with zero attached hydrogens (tertiary/aromatic N) is 2. The predicted molar refractivity (Wildman–Crippen MR) is 50.4 cm³/mol. The molecule has 1 aliphatic heterocycles. The van der Waals surface area contributed by atoms with E-state index in [0.29, 0.717) is 0 Å². The molecule has 1 heterocycles. The van der Waals surface area contributed by atoms with E-state index < -0.39 is 0 Å². The van der Waals surface area contributed by atoms with Crippen molar-refractivity contribution in [3.8, 4) is 0 Å². The molecule has 1 fully saturated rings. The Labute approximate surface area is 75.3 Å². The van der Waals surface area contributed by atoms with Crippen LogP contribution in [0, 0.1) is 0 Å². The van der Waals surface area contributed by atoms with Crippen molar-refractivity contribution < 1.29 is 4.74 Å². The smallest absolute Gasteiger partial charge is 0.0942 e. The van der Waals surface area contributed by atoms with Gasteiger partial charge >= 0.3 is 0 Å². The van der Waals surface area contributed by atoms with Crippen LogP contribution in [0.4, 0.5) is 0 Å². The Balaban J connectivity index is 2.52. The standard InChI is InChI=1S/C9H20N2O/c1-10(2)7-9(12-4)5-6-11(3)8-9/h5-8H2,1-4H3. The zero-order valence-corrected chi connectivity index (χ0v) is 8.63. The van der Waals surface area contributed by atoms with Crippen molar-refractivity contribution in [2.24, 2.45) is 0 Å². The summed E-state index contributed by atoms with van der Waals surface area (Å²) >= 11 is 0. The van der Waals surface area contributed by atoms with E-state index in [0.717, 1.165) is 26.1 Å². The normalized spacial score (nSPS) is 31.8. The van der Waals surface area contributed by atoms with Crippen molar-refractivity contribution in [3.63, 3.8) is 0 Å². The lowest BCUT2D eigenvalue weighted by Crippen LogP contribution is -2.43. The number of hydrogen-bond acceptors (Lipinski definition) is 3. The van der Waals surface area contributed by atoms with Crippen molar-refractivity contribution >= 4 is 0 Å². The van der Waals surface area contributed by atoms with Gasteiger partial charge in [-0.2, -0.15) is 0 Å². The fourth-order valence-corrected chi connectivity index (χ4v) is 1.98. The second-order valence-electron chi connectivity index (χ2n) is 4.11. The maximum absolute atomic E-state index is 5.60. The van der Waals surface area contributed by atoms with Crippen molar-refractivity contribution in [1.82, 2.24) is 9.80 Å². The first-order chi connectivity index (χ1) is 5.58. The van der Waals surface area contributed by atoms with Gasteiger partial charge in [0.05, 0.1) is 5.60 Å². The highest BCUT2D eigenvalue weighted by molar-refractivity contribution is 4.92. The fraction of sp³-hybridized carbons (Fsp3) is 1.00. The molecule has 1 rings (SSSR count). The van der Waals surface area contributed by atoms with Gasteiger partial charge in [0.15, 0.2) is 0 Å². The molecule has 12 heavy (non-hydrogen) atoms. The molecule has 0 amide bonds. The van der Waals surface area contributed by atoms with Gasteiger partial charge in [0, 0.05) is 26.7 Å². The van der Waals surface area contributed by atoms with Gasteiger partial charge in [0.2, 0.25) is 0 Å². The van der Waals surface area contributed by atoms with Gasteiger partial charge in [-0.25, -0.2) is 0 Å². The minimum atomic E-state index is 0.0816. The Morgan fingerprint density at radius 1 is 1.50 bits per heavy atom. The van der Waals surface area contributed by atoms with Crippen molar-refractivity contribution in [2.75, 3.05) is 47.9 Å². The van der Waals surface area contributed by atoms with Gasteiger partial charge in [-0.3, -0.25) is 0 Å². The first kappa shape index (κ1) is 9.96. The molecule has 0 saturated carbocycles. The van der Waals surface area contributed by atoms with Crippen molar-refractivity contribution in [1.29, 1.82) is 0 Å². The van der Waals surface area contributed by atoms with Crippen molar-refractivity contribution in [2.45, 2.75) is 12.0 Å². The number of likely N-dealkylation sites (N-methyl/N-ethyl adjacent to an activating group) is 2. The van der Waals surface area contributed by atoms with Gasteiger partial charge in [-0.15, -0.1) is 0 Å². The third kappa shape index (κ3) is 2.19. The summed E-state index contributed by atoms with van der Waals surface area (Å²) in [7, 11) is 8.16. The molecule has 0 N–H and O–H groups in total. The van der Waals surface area contributed by atoms with Crippen LogP contribution in [0.25, 0.3) is 0 Å². The maximum atomic E-state index is 5.60. The number of likely N-dealkylation sites (tertiary alicyclic amines) is 1. The van der Waals surface area contributed by atoms with E-state index in [2.05, 4.69) is 30.9 Å². The third-order valence-corrected chi connectivity index (χ3v) is 2.54. The summed E-state index contributed by atoms with van der Waals surface area (Å²) in [6, 6.07) is 0. The van der Waals surface area contributed by atoms with E-state index in [1.807, 2.05) is 7.11 Å². The molecule has 0 aliphatic carbocycles. The van der Waals surface area contributed by atoms with Crippen LogP contribution in [0.5, 0.6) is 0 Å². The minimum absolute atomic E-state index is 0.0816. The third-order valence-electron chi connectivity index (χ3n) is 2.54. The Morgan fingerprint density at radius 3 is 2.50 bits per heavy atom. The molecule has 1 atom stereocenters. The van der Waals surface area contributed by atoms with Gasteiger partial charge in [0.1, 0.15) is 0 Å². The molecule has 0 aromatic heterocycles. The Hall–Kier alpha value is -0.120. The van der Waals surface area contributed by atoms with E-state index in [9.17, 15) is 0 Å². The molecule has 1 aliphatic rings. The molecule has 1 unspecified atom stereocenters. The lowest BCUT2D eigenvalue weighted by Gasteiger charge is -2.30. The molecular formula is C9H20N2O. The highest BCUT2D eigenvalue weighted by atomic mass is 16.5. The molecule has 72 valence electrons. The summed E-state index contributed by atoms with van der Waals surface area (Å²) in [6.45, 7) is 3.23. The van der Waals surface area contributed by atoms with Crippen LogP contribution in [0.2, 0.25) is 0 Å². The van der Waals surface area contributed by atoms with Gasteiger partial charge < -0.3 is 14.5 Å². The first-order valence-electron chi connectivity index (χ1n) is 4.46. The fourth-order valence-electron chi connectivity index (χ4n) is 1.98. The van der Waals surface area contributed by atoms with Crippen LogP contribution in [0.1, 0.15) is 6.42 Å². The van der Waals surface area contributed by atoms with Gasteiger partial charge in [-0.05, 0) is 27.6 Å². The van der Waals surface area contributed by atoms with E-state index in [1.165, 1.54) is 0 Å². The van der Waals surface area contributed by atoms with E-state index in [4.69, 9.17) is 4.74 Å². The molecule has 0 aromatic rings. The average Bonchev–Trinajstić information content (AvgIpc) is 2.32. The van der Waals surface area contributed by atoms with E-state index in [1.54, 1.807) is 0 Å². The topological polar surface area (TPSA) is 15.7 Å². The SMILES string of the molecule is COC1(CN(C)C)CCN(C)C1. The van der Waals surface area contributed by atoms with Crippen LogP contribution in [-0.2, 0) is 4.74 Å². The second-order valence-corrected chi connectivity index (χ2v) is 4.11. The highest BCUT2D eigenvalue weighted by Crippen LogP contribution is 2.23. The quantitative estimate of drug-likeness (QED) is 0.607. The Kier molecular flexibility index (Phi) is 3.09. The van der Waals surface area contributed by atoms with Crippen LogP contribution in [-0.4, -0.2) is 63.3 Å². The van der Waals surface area contributed by atoms with Crippen LogP contribution >= 0.6 is 0 Å². The van der Waals surface area contributed by atoms with E-state index in [-0.39, 0.29) is 5.60 Å². The molecule has 0 spiro atoms. The summed E-state index contributed by atoms with van der Waals surface area (Å²) < 4.78 is 5.60. The molecule has 0 radical (unpaired) electrons. The van der Waals surface area contributed by atoms with E-state index >= 15 is 0 Å². The largest absolute Gasteiger partial charge is 0.376 e. The number of ether oxygens (including phenoxy) is 1. The van der Waals surface area contributed by atoms with Crippen molar-refractivity contribution in [3.05, 3.63) is 0 Å². The summed E-state index contributed by atoms with van der Waals surface area (Å²) in [5, 5.41) is 0. The Morgan fingerprint density at radius 2 is 2.17 bits per heavy atom. The highest BCUT2D eigenvalue weighted by Gasteiger charge is 2.36. The monoisotopic (exact) mass is 172 g/mol. The Bertz CT molecular complexity index is 149. The molecule has 3 nitrogen and oxygen atoms in total. The van der Waals surface area contributed by atoms with Gasteiger partial charge in [0.25, 0.3) is 0 Å². The zero-order chi connectivity index (χ0) is 9.19. The number of hydrogen-bond donors (Lipinski definition) is 0. The summed E-state index contributed by atoms with van der Waals surface area (Å²) in [6.07, 6.45) is 1.15. The predicted octanol–water partition coefficient (Wildman–Crippen LogP) is 0.269. The first-order valence-corrected chi connectivity index (χ1v) is 4.46. The lowest BCUT2D eigenvalue weighted by molar-refractivity contribution is -0.0178. The van der Waals surface area contributed by atoms with Crippen LogP contribution in [0.15, 0.2) is 0 Å². The number of methoxy groups -OCH3 is 1. The average molecular weight is 172 g/mol. The van der Waals surface area contributed by atoms with Crippen LogP contribution in [0.3, 0.4) is 0 Å². The summed E-state index contributed by atoms with van der Waals surface area (Å²) in [4.78, 5) is 4.52. The lowest BCUT2D eigenvalue weighted by atomic mass is 10.0. The summed E-state index contributed by atoms with van der Waals surface area (Å²) in [5.74, 6) is 0. The molecule has 0 bridgehead atoms. The maximum Gasteiger partial charge on any atom is 0.0942 e. The molecule has 3 heteroatoms. The molecule has 1 saturated heterocycles.